The number of hydrogen-bond acceptors (Lipinski definition) is 2. The Morgan fingerprint density at radius 2 is 2.24 bits per heavy atom. The minimum Gasteiger partial charge on any atom is -0.493 e. The Kier molecular flexibility index (Phi) is 2.91. The summed E-state index contributed by atoms with van der Waals surface area (Å²) in [4.78, 5) is 0. The molecule has 0 amide bonds. The van der Waals surface area contributed by atoms with Gasteiger partial charge in [0.2, 0.25) is 0 Å². The van der Waals surface area contributed by atoms with Gasteiger partial charge in [0.15, 0.2) is 0 Å². The fourth-order valence-electron chi connectivity index (χ4n) is 2.94. The molecule has 2 aliphatic rings. The number of ether oxygens (including phenoxy) is 1. The van der Waals surface area contributed by atoms with Gasteiger partial charge in [-0.15, -0.1) is 0 Å². The number of benzene rings is 1. The summed E-state index contributed by atoms with van der Waals surface area (Å²) in [6.07, 6.45) is 2.37. The molecular weight excluding hydrogens is 278 g/mol. The summed E-state index contributed by atoms with van der Waals surface area (Å²) in [7, 11) is 2.05. The smallest absolute Gasteiger partial charge is 0.127 e. The van der Waals surface area contributed by atoms with E-state index < -0.39 is 0 Å². The summed E-state index contributed by atoms with van der Waals surface area (Å²) < 4.78 is 6.99. The van der Waals surface area contributed by atoms with Crippen LogP contribution in [0.1, 0.15) is 30.5 Å². The van der Waals surface area contributed by atoms with Crippen molar-refractivity contribution in [1.29, 1.82) is 0 Å². The molecule has 3 heteroatoms. The van der Waals surface area contributed by atoms with Crippen LogP contribution in [0.15, 0.2) is 16.6 Å². The molecule has 17 heavy (non-hydrogen) atoms. The predicted molar refractivity (Wildman–Crippen MR) is 72.4 cm³/mol. The molecule has 3 rings (SSSR count). The number of fused-ring (bicyclic) bond motifs is 1. The van der Waals surface area contributed by atoms with Crippen molar-refractivity contribution >= 4 is 15.9 Å². The van der Waals surface area contributed by atoms with E-state index in [0.29, 0.717) is 6.04 Å². The van der Waals surface area contributed by atoms with Gasteiger partial charge >= 0.3 is 0 Å². The van der Waals surface area contributed by atoms with Crippen molar-refractivity contribution in [2.24, 2.45) is 11.8 Å². The zero-order chi connectivity index (χ0) is 12.0. The minimum atomic E-state index is 0.439. The van der Waals surface area contributed by atoms with E-state index in [-0.39, 0.29) is 0 Å². The highest BCUT2D eigenvalue weighted by Crippen LogP contribution is 2.50. The van der Waals surface area contributed by atoms with Gasteiger partial charge in [0, 0.05) is 22.5 Å². The van der Waals surface area contributed by atoms with Gasteiger partial charge in [0.25, 0.3) is 0 Å². The van der Waals surface area contributed by atoms with Crippen molar-refractivity contribution < 1.29 is 4.74 Å². The lowest BCUT2D eigenvalue weighted by molar-refractivity contribution is 0.346. The summed E-state index contributed by atoms with van der Waals surface area (Å²) in [6, 6.07) is 4.85. The SMILES string of the molecule is CNC(c1cc(Br)cc2c1OCC2)C1CC1C. The lowest BCUT2D eigenvalue weighted by Crippen LogP contribution is -2.19. The lowest BCUT2D eigenvalue weighted by atomic mass is 9.97. The molecule has 1 aromatic rings. The highest BCUT2D eigenvalue weighted by Gasteiger charge is 2.41. The van der Waals surface area contributed by atoms with Crippen molar-refractivity contribution in [2.75, 3.05) is 13.7 Å². The van der Waals surface area contributed by atoms with E-state index in [1.165, 1.54) is 22.0 Å². The Morgan fingerprint density at radius 3 is 2.88 bits per heavy atom. The Labute approximate surface area is 111 Å². The summed E-state index contributed by atoms with van der Waals surface area (Å²) in [5.41, 5.74) is 2.69. The van der Waals surface area contributed by atoms with Crippen LogP contribution in [-0.2, 0) is 6.42 Å². The molecule has 3 atom stereocenters. The highest BCUT2D eigenvalue weighted by atomic mass is 79.9. The third kappa shape index (κ3) is 2.00. The fourth-order valence-corrected chi connectivity index (χ4v) is 3.47. The van der Waals surface area contributed by atoms with Crippen molar-refractivity contribution in [3.05, 3.63) is 27.7 Å². The molecule has 0 aromatic heterocycles. The van der Waals surface area contributed by atoms with E-state index in [9.17, 15) is 0 Å². The molecule has 0 spiro atoms. The summed E-state index contributed by atoms with van der Waals surface area (Å²) >= 11 is 3.61. The predicted octanol–water partition coefficient (Wildman–Crippen LogP) is 3.30. The van der Waals surface area contributed by atoms with Gasteiger partial charge in [-0.05, 0) is 43.0 Å². The molecule has 2 nitrogen and oxygen atoms in total. The standard InChI is InChI=1S/C14H18BrNO/c1-8-5-11(8)13(16-2)12-7-10(15)6-9-3-4-17-14(9)12/h6-8,11,13,16H,3-5H2,1-2H3. The Morgan fingerprint density at radius 1 is 1.47 bits per heavy atom. The van der Waals surface area contributed by atoms with Gasteiger partial charge in [0.05, 0.1) is 6.61 Å². The third-order valence-corrected chi connectivity index (χ3v) is 4.48. The van der Waals surface area contributed by atoms with E-state index in [1.807, 2.05) is 0 Å². The largest absolute Gasteiger partial charge is 0.493 e. The average molecular weight is 296 g/mol. The first kappa shape index (κ1) is 11.5. The van der Waals surface area contributed by atoms with E-state index >= 15 is 0 Å². The maximum absolute atomic E-state index is 5.82. The number of halogens is 1. The third-order valence-electron chi connectivity index (χ3n) is 4.02. The van der Waals surface area contributed by atoms with Gasteiger partial charge in [-0.2, -0.15) is 0 Å². The van der Waals surface area contributed by atoms with E-state index in [1.54, 1.807) is 0 Å². The molecule has 1 fully saturated rings. The van der Waals surface area contributed by atoms with Crippen LogP contribution >= 0.6 is 15.9 Å². The zero-order valence-electron chi connectivity index (χ0n) is 10.3. The fraction of sp³-hybridized carbons (Fsp3) is 0.571. The zero-order valence-corrected chi connectivity index (χ0v) is 11.9. The normalized spacial score (nSPS) is 27.5. The molecule has 1 aromatic carbocycles. The second kappa shape index (κ2) is 4.29. The monoisotopic (exact) mass is 295 g/mol. The van der Waals surface area contributed by atoms with Crippen LogP contribution in [0.2, 0.25) is 0 Å². The Hall–Kier alpha value is -0.540. The van der Waals surface area contributed by atoms with Crippen molar-refractivity contribution in [1.82, 2.24) is 5.32 Å². The summed E-state index contributed by atoms with van der Waals surface area (Å²) in [6.45, 7) is 3.16. The van der Waals surface area contributed by atoms with Gasteiger partial charge in [-0.25, -0.2) is 0 Å². The lowest BCUT2D eigenvalue weighted by Gasteiger charge is -2.19. The molecule has 1 N–H and O–H groups in total. The van der Waals surface area contributed by atoms with E-state index in [0.717, 1.165) is 30.6 Å². The van der Waals surface area contributed by atoms with E-state index in [2.05, 4.69) is 47.4 Å². The molecule has 0 saturated heterocycles. The highest BCUT2D eigenvalue weighted by molar-refractivity contribution is 9.10. The first-order chi connectivity index (χ1) is 8.20. The summed E-state index contributed by atoms with van der Waals surface area (Å²) in [5.74, 6) is 2.73. The summed E-state index contributed by atoms with van der Waals surface area (Å²) in [5, 5.41) is 3.47. The molecule has 1 saturated carbocycles. The average Bonchev–Trinajstić information content (AvgIpc) is 2.83. The molecule has 92 valence electrons. The molecule has 0 bridgehead atoms. The molecule has 1 heterocycles. The second-order valence-electron chi connectivity index (χ2n) is 5.22. The number of hydrogen-bond donors (Lipinski definition) is 1. The van der Waals surface area contributed by atoms with Gasteiger partial charge in [0.1, 0.15) is 5.75 Å². The van der Waals surface area contributed by atoms with Gasteiger partial charge in [-0.1, -0.05) is 22.9 Å². The van der Waals surface area contributed by atoms with Crippen molar-refractivity contribution in [3.8, 4) is 5.75 Å². The maximum Gasteiger partial charge on any atom is 0.127 e. The van der Waals surface area contributed by atoms with Crippen LogP contribution in [0.4, 0.5) is 0 Å². The maximum atomic E-state index is 5.82. The molecular formula is C14H18BrNO. The molecule has 1 aliphatic heterocycles. The van der Waals surface area contributed by atoms with Crippen LogP contribution in [0, 0.1) is 11.8 Å². The van der Waals surface area contributed by atoms with Crippen LogP contribution in [0.3, 0.4) is 0 Å². The number of nitrogens with one attached hydrogen (secondary N) is 1. The minimum absolute atomic E-state index is 0.439. The Balaban J connectivity index is 2.01. The van der Waals surface area contributed by atoms with Crippen LogP contribution in [-0.4, -0.2) is 13.7 Å². The van der Waals surface area contributed by atoms with Crippen LogP contribution < -0.4 is 10.1 Å². The molecule has 3 unspecified atom stereocenters. The van der Waals surface area contributed by atoms with Crippen molar-refractivity contribution in [2.45, 2.75) is 25.8 Å². The second-order valence-corrected chi connectivity index (χ2v) is 6.14. The van der Waals surface area contributed by atoms with Gasteiger partial charge < -0.3 is 10.1 Å². The Bertz CT molecular complexity index is 446. The number of rotatable bonds is 3. The quantitative estimate of drug-likeness (QED) is 0.924. The molecule has 0 radical (unpaired) electrons. The van der Waals surface area contributed by atoms with E-state index in [4.69, 9.17) is 4.74 Å². The van der Waals surface area contributed by atoms with Crippen LogP contribution in [0.25, 0.3) is 0 Å². The van der Waals surface area contributed by atoms with Crippen LogP contribution in [0.5, 0.6) is 5.75 Å². The topological polar surface area (TPSA) is 21.3 Å². The molecule has 1 aliphatic carbocycles. The first-order valence-corrected chi connectivity index (χ1v) is 7.12. The first-order valence-electron chi connectivity index (χ1n) is 6.33. The van der Waals surface area contributed by atoms with Crippen molar-refractivity contribution in [3.63, 3.8) is 0 Å². The van der Waals surface area contributed by atoms with Gasteiger partial charge in [-0.3, -0.25) is 0 Å².